The predicted molar refractivity (Wildman–Crippen MR) is 85.7 cm³/mol. The number of nitro groups is 1. The lowest BCUT2D eigenvalue weighted by Gasteiger charge is -2.19. The summed E-state index contributed by atoms with van der Waals surface area (Å²) in [4.78, 5) is 10.9. The van der Waals surface area contributed by atoms with E-state index in [-0.39, 0.29) is 16.7 Å². The van der Waals surface area contributed by atoms with Gasteiger partial charge in [-0.25, -0.2) is 0 Å². The summed E-state index contributed by atoms with van der Waals surface area (Å²) in [5, 5.41) is 14.5. The van der Waals surface area contributed by atoms with Crippen molar-refractivity contribution in [3.8, 4) is 0 Å². The Kier molecular flexibility index (Phi) is 4.58. The smallest absolute Gasteiger partial charge is 0.292 e. The number of anilines is 1. The van der Waals surface area contributed by atoms with Crippen LogP contribution in [0.1, 0.15) is 36.1 Å². The first-order valence-electron chi connectivity index (χ1n) is 7.09. The number of rotatable bonds is 5. The molecule has 0 aliphatic heterocycles. The average molecular weight is 284 g/mol. The van der Waals surface area contributed by atoms with Crippen LogP contribution in [0.2, 0.25) is 0 Å². The van der Waals surface area contributed by atoms with E-state index in [1.165, 1.54) is 5.56 Å². The van der Waals surface area contributed by atoms with E-state index in [0.29, 0.717) is 5.69 Å². The topological polar surface area (TPSA) is 55.2 Å². The SMILES string of the molecule is CCC(Nc1ccc(C)cc1[N+](=O)[O-])c1ccc(C)cc1. The molecule has 2 aromatic rings. The normalized spacial score (nSPS) is 12.0. The van der Waals surface area contributed by atoms with E-state index in [1.807, 2.05) is 19.9 Å². The van der Waals surface area contributed by atoms with Gasteiger partial charge in [0.15, 0.2) is 0 Å². The van der Waals surface area contributed by atoms with E-state index < -0.39 is 0 Å². The van der Waals surface area contributed by atoms with E-state index in [2.05, 4.69) is 36.5 Å². The molecule has 1 N–H and O–H groups in total. The molecule has 1 atom stereocenters. The van der Waals surface area contributed by atoms with Crippen molar-refractivity contribution in [2.24, 2.45) is 0 Å². The molecule has 0 bridgehead atoms. The van der Waals surface area contributed by atoms with E-state index in [1.54, 1.807) is 12.1 Å². The summed E-state index contributed by atoms with van der Waals surface area (Å²) < 4.78 is 0. The van der Waals surface area contributed by atoms with Gasteiger partial charge >= 0.3 is 0 Å². The lowest BCUT2D eigenvalue weighted by Crippen LogP contribution is -2.11. The molecule has 0 amide bonds. The van der Waals surface area contributed by atoms with Gasteiger partial charge in [0.05, 0.1) is 11.0 Å². The molecular formula is C17H20N2O2. The highest BCUT2D eigenvalue weighted by molar-refractivity contribution is 5.63. The van der Waals surface area contributed by atoms with Crippen LogP contribution in [0.4, 0.5) is 11.4 Å². The summed E-state index contributed by atoms with van der Waals surface area (Å²) in [6.07, 6.45) is 0.855. The Balaban J connectivity index is 2.30. The van der Waals surface area contributed by atoms with E-state index in [4.69, 9.17) is 0 Å². The molecule has 0 aliphatic rings. The first-order chi connectivity index (χ1) is 10.0. The minimum atomic E-state index is -0.336. The van der Waals surface area contributed by atoms with Crippen LogP contribution in [-0.4, -0.2) is 4.92 Å². The minimum Gasteiger partial charge on any atom is -0.373 e. The number of nitrogens with one attached hydrogen (secondary N) is 1. The standard InChI is InChI=1S/C17H20N2O2/c1-4-15(14-8-5-12(2)6-9-14)18-16-10-7-13(3)11-17(16)19(20)21/h5-11,15,18H,4H2,1-3H3. The second-order valence-corrected chi connectivity index (χ2v) is 5.29. The Hall–Kier alpha value is -2.36. The quantitative estimate of drug-likeness (QED) is 0.635. The number of hydrogen-bond acceptors (Lipinski definition) is 3. The van der Waals surface area contributed by atoms with Gasteiger partial charge in [0.25, 0.3) is 5.69 Å². The molecule has 4 heteroatoms. The molecule has 0 saturated heterocycles. The molecule has 0 aliphatic carbocycles. The maximum Gasteiger partial charge on any atom is 0.292 e. The van der Waals surface area contributed by atoms with E-state index in [0.717, 1.165) is 17.5 Å². The summed E-state index contributed by atoms with van der Waals surface area (Å²) in [5.74, 6) is 0. The molecule has 0 radical (unpaired) electrons. The van der Waals surface area contributed by atoms with Crippen molar-refractivity contribution in [3.63, 3.8) is 0 Å². The minimum absolute atomic E-state index is 0.0620. The van der Waals surface area contributed by atoms with Crippen molar-refractivity contribution >= 4 is 11.4 Å². The Labute approximate surface area is 125 Å². The Morgan fingerprint density at radius 2 is 1.71 bits per heavy atom. The van der Waals surface area contributed by atoms with Crippen LogP contribution in [0.3, 0.4) is 0 Å². The summed E-state index contributed by atoms with van der Waals surface area (Å²) in [5.41, 5.74) is 3.92. The summed E-state index contributed by atoms with van der Waals surface area (Å²) in [6.45, 7) is 5.97. The van der Waals surface area contributed by atoms with Gasteiger partial charge < -0.3 is 5.32 Å². The first kappa shape index (κ1) is 15.0. The van der Waals surface area contributed by atoms with Gasteiger partial charge in [0, 0.05) is 6.07 Å². The molecule has 4 nitrogen and oxygen atoms in total. The Bertz CT molecular complexity index is 636. The van der Waals surface area contributed by atoms with E-state index in [9.17, 15) is 10.1 Å². The first-order valence-corrected chi connectivity index (χ1v) is 7.09. The highest BCUT2D eigenvalue weighted by atomic mass is 16.6. The van der Waals surface area contributed by atoms with Gasteiger partial charge in [-0.05, 0) is 37.5 Å². The maximum atomic E-state index is 11.2. The van der Waals surface area contributed by atoms with Gasteiger partial charge in [-0.15, -0.1) is 0 Å². The van der Waals surface area contributed by atoms with Crippen molar-refractivity contribution in [1.82, 2.24) is 0 Å². The van der Waals surface area contributed by atoms with Gasteiger partial charge in [-0.3, -0.25) is 10.1 Å². The third-order valence-electron chi connectivity index (χ3n) is 3.57. The van der Waals surface area contributed by atoms with Gasteiger partial charge in [-0.1, -0.05) is 42.8 Å². The van der Waals surface area contributed by atoms with Crippen LogP contribution in [0.5, 0.6) is 0 Å². The molecule has 0 aromatic heterocycles. The number of benzene rings is 2. The van der Waals surface area contributed by atoms with Crippen LogP contribution in [0.25, 0.3) is 0 Å². The number of aryl methyl sites for hydroxylation is 2. The van der Waals surface area contributed by atoms with Gasteiger partial charge in [0.1, 0.15) is 5.69 Å². The van der Waals surface area contributed by atoms with Crippen LogP contribution in [0.15, 0.2) is 42.5 Å². The van der Waals surface area contributed by atoms with Crippen molar-refractivity contribution < 1.29 is 4.92 Å². The Morgan fingerprint density at radius 3 is 2.29 bits per heavy atom. The molecule has 1 unspecified atom stereocenters. The molecule has 2 rings (SSSR count). The molecule has 21 heavy (non-hydrogen) atoms. The van der Waals surface area contributed by atoms with Crippen molar-refractivity contribution in [3.05, 3.63) is 69.3 Å². The zero-order valence-electron chi connectivity index (χ0n) is 12.6. The molecule has 0 spiro atoms. The molecular weight excluding hydrogens is 264 g/mol. The second-order valence-electron chi connectivity index (χ2n) is 5.29. The fourth-order valence-electron chi connectivity index (χ4n) is 2.32. The number of hydrogen-bond donors (Lipinski definition) is 1. The highest BCUT2D eigenvalue weighted by Crippen LogP contribution is 2.30. The largest absolute Gasteiger partial charge is 0.373 e. The predicted octanol–water partition coefficient (Wildman–Crippen LogP) is 4.77. The van der Waals surface area contributed by atoms with Crippen LogP contribution in [-0.2, 0) is 0 Å². The van der Waals surface area contributed by atoms with Crippen molar-refractivity contribution in [2.45, 2.75) is 33.2 Å². The van der Waals surface area contributed by atoms with E-state index >= 15 is 0 Å². The third-order valence-corrected chi connectivity index (χ3v) is 3.57. The highest BCUT2D eigenvalue weighted by Gasteiger charge is 2.17. The fourth-order valence-corrected chi connectivity index (χ4v) is 2.32. The van der Waals surface area contributed by atoms with Crippen LogP contribution >= 0.6 is 0 Å². The molecule has 2 aromatic carbocycles. The zero-order valence-corrected chi connectivity index (χ0v) is 12.6. The fraction of sp³-hybridized carbons (Fsp3) is 0.294. The van der Waals surface area contributed by atoms with Crippen molar-refractivity contribution in [2.75, 3.05) is 5.32 Å². The number of nitro benzene ring substituents is 1. The monoisotopic (exact) mass is 284 g/mol. The lowest BCUT2D eigenvalue weighted by atomic mass is 10.0. The van der Waals surface area contributed by atoms with Gasteiger partial charge in [-0.2, -0.15) is 0 Å². The van der Waals surface area contributed by atoms with Gasteiger partial charge in [0.2, 0.25) is 0 Å². The molecule has 110 valence electrons. The molecule has 0 fully saturated rings. The third kappa shape index (κ3) is 3.60. The summed E-state index contributed by atoms with van der Waals surface area (Å²) in [6, 6.07) is 13.6. The molecule has 0 saturated carbocycles. The van der Waals surface area contributed by atoms with Crippen LogP contribution < -0.4 is 5.32 Å². The lowest BCUT2D eigenvalue weighted by molar-refractivity contribution is -0.384. The average Bonchev–Trinajstić information content (AvgIpc) is 2.47. The zero-order chi connectivity index (χ0) is 15.4. The number of nitrogens with zero attached hydrogens (tertiary/aromatic N) is 1. The maximum absolute atomic E-state index is 11.2. The summed E-state index contributed by atoms with van der Waals surface area (Å²) >= 11 is 0. The van der Waals surface area contributed by atoms with Crippen molar-refractivity contribution in [1.29, 1.82) is 0 Å². The summed E-state index contributed by atoms with van der Waals surface area (Å²) in [7, 11) is 0. The molecule has 0 heterocycles. The van der Waals surface area contributed by atoms with Crippen LogP contribution in [0, 0.1) is 24.0 Å². The Morgan fingerprint density at radius 1 is 1.10 bits per heavy atom. The second kappa shape index (κ2) is 6.39.